The summed E-state index contributed by atoms with van der Waals surface area (Å²) >= 11 is 0. The van der Waals surface area contributed by atoms with Gasteiger partial charge in [0.2, 0.25) is 0 Å². The maximum atomic E-state index is 5.31. The average molecular weight is 144 g/mol. The van der Waals surface area contributed by atoms with Gasteiger partial charge in [-0.15, -0.1) is 0 Å². The molecule has 2 atom stereocenters. The lowest BCUT2D eigenvalue weighted by Crippen LogP contribution is -2.16. The van der Waals surface area contributed by atoms with Crippen LogP contribution in [0.5, 0.6) is 0 Å². The van der Waals surface area contributed by atoms with Crippen LogP contribution >= 0.6 is 0 Å². The maximum absolute atomic E-state index is 5.31. The van der Waals surface area contributed by atoms with E-state index in [4.69, 9.17) is 11.5 Å². The van der Waals surface area contributed by atoms with E-state index in [0.717, 1.165) is 0 Å². The SMILES string of the molecule is CC(CN)N=NC(C)CN. The van der Waals surface area contributed by atoms with Crippen LogP contribution in [0, 0.1) is 0 Å². The number of rotatable bonds is 4. The maximum Gasteiger partial charge on any atom is 0.0802 e. The monoisotopic (exact) mass is 144 g/mol. The number of hydrogen-bond acceptors (Lipinski definition) is 4. The minimum atomic E-state index is 0.119. The second-order valence-electron chi connectivity index (χ2n) is 2.40. The number of azo groups is 1. The molecule has 2 unspecified atom stereocenters. The molecule has 10 heavy (non-hydrogen) atoms. The van der Waals surface area contributed by atoms with Crippen molar-refractivity contribution in [1.82, 2.24) is 0 Å². The molecule has 0 aromatic carbocycles. The molecule has 0 aliphatic rings. The first-order valence-corrected chi connectivity index (χ1v) is 3.50. The molecule has 0 spiro atoms. The third-order valence-electron chi connectivity index (χ3n) is 1.14. The average Bonchev–Trinajstić information content (AvgIpc) is 1.99. The Morgan fingerprint density at radius 2 is 1.30 bits per heavy atom. The summed E-state index contributed by atoms with van der Waals surface area (Å²) in [7, 11) is 0. The molecule has 0 amide bonds. The van der Waals surface area contributed by atoms with Gasteiger partial charge in [0.1, 0.15) is 0 Å². The molecule has 0 saturated carbocycles. The fourth-order valence-corrected chi connectivity index (χ4v) is 0.322. The Morgan fingerprint density at radius 1 is 1.00 bits per heavy atom. The Balaban J connectivity index is 3.52. The van der Waals surface area contributed by atoms with Gasteiger partial charge in [-0.25, -0.2) is 0 Å². The number of nitrogens with two attached hydrogens (primary N) is 2. The van der Waals surface area contributed by atoms with Crippen LogP contribution in [0.2, 0.25) is 0 Å². The van der Waals surface area contributed by atoms with E-state index in [-0.39, 0.29) is 12.1 Å². The zero-order valence-corrected chi connectivity index (χ0v) is 6.62. The predicted molar refractivity (Wildman–Crippen MR) is 41.9 cm³/mol. The van der Waals surface area contributed by atoms with Crippen molar-refractivity contribution in [2.75, 3.05) is 13.1 Å². The van der Waals surface area contributed by atoms with Crippen LogP contribution in [-0.2, 0) is 0 Å². The molecule has 0 fully saturated rings. The third-order valence-corrected chi connectivity index (χ3v) is 1.14. The summed E-state index contributed by atoms with van der Waals surface area (Å²) < 4.78 is 0. The Labute approximate surface area is 61.7 Å². The molecule has 0 aromatic rings. The summed E-state index contributed by atoms with van der Waals surface area (Å²) in [6.45, 7) is 4.93. The summed E-state index contributed by atoms with van der Waals surface area (Å²) in [5.74, 6) is 0. The van der Waals surface area contributed by atoms with Crippen LogP contribution in [0.25, 0.3) is 0 Å². The van der Waals surface area contributed by atoms with Gasteiger partial charge in [-0.1, -0.05) is 0 Å². The summed E-state index contributed by atoms with van der Waals surface area (Å²) in [6, 6.07) is 0.239. The van der Waals surface area contributed by atoms with Crippen LogP contribution in [0.1, 0.15) is 13.8 Å². The van der Waals surface area contributed by atoms with Gasteiger partial charge in [0.05, 0.1) is 12.1 Å². The minimum Gasteiger partial charge on any atom is -0.328 e. The molecule has 4 nitrogen and oxygen atoms in total. The van der Waals surface area contributed by atoms with E-state index in [1.54, 1.807) is 0 Å². The third kappa shape index (κ3) is 4.40. The van der Waals surface area contributed by atoms with E-state index < -0.39 is 0 Å². The first-order chi connectivity index (χ1) is 4.70. The van der Waals surface area contributed by atoms with E-state index in [1.807, 2.05) is 13.8 Å². The highest BCUT2D eigenvalue weighted by atomic mass is 15.1. The zero-order chi connectivity index (χ0) is 7.98. The molecule has 4 N–H and O–H groups in total. The molecule has 0 rings (SSSR count). The number of nitrogens with zero attached hydrogens (tertiary/aromatic N) is 2. The van der Waals surface area contributed by atoms with Crippen molar-refractivity contribution >= 4 is 0 Å². The molecule has 0 radical (unpaired) electrons. The summed E-state index contributed by atoms with van der Waals surface area (Å²) in [6.07, 6.45) is 0. The zero-order valence-electron chi connectivity index (χ0n) is 6.62. The first kappa shape index (κ1) is 9.52. The van der Waals surface area contributed by atoms with Crippen LogP contribution < -0.4 is 11.5 Å². The molecule has 4 heteroatoms. The van der Waals surface area contributed by atoms with Gasteiger partial charge in [-0.2, -0.15) is 10.2 Å². The molecule has 0 saturated heterocycles. The quantitative estimate of drug-likeness (QED) is 0.550. The van der Waals surface area contributed by atoms with E-state index in [2.05, 4.69) is 10.2 Å². The van der Waals surface area contributed by atoms with Crippen molar-refractivity contribution in [3.05, 3.63) is 0 Å². The fraction of sp³-hybridized carbons (Fsp3) is 1.00. The summed E-state index contributed by atoms with van der Waals surface area (Å²) in [5, 5.41) is 7.87. The van der Waals surface area contributed by atoms with Gasteiger partial charge < -0.3 is 11.5 Å². The molecular weight excluding hydrogens is 128 g/mol. The van der Waals surface area contributed by atoms with Gasteiger partial charge in [0, 0.05) is 13.1 Å². The van der Waals surface area contributed by atoms with E-state index in [9.17, 15) is 0 Å². The van der Waals surface area contributed by atoms with E-state index in [0.29, 0.717) is 13.1 Å². The van der Waals surface area contributed by atoms with Crippen molar-refractivity contribution in [3.8, 4) is 0 Å². The lowest BCUT2D eigenvalue weighted by atomic mass is 10.4. The molecule has 0 aliphatic heterocycles. The van der Waals surface area contributed by atoms with Gasteiger partial charge >= 0.3 is 0 Å². The molecule has 0 heterocycles. The van der Waals surface area contributed by atoms with Gasteiger partial charge in [-0.05, 0) is 13.8 Å². The van der Waals surface area contributed by atoms with Crippen LogP contribution in [0.4, 0.5) is 0 Å². The second kappa shape index (κ2) is 5.32. The van der Waals surface area contributed by atoms with E-state index >= 15 is 0 Å². The highest BCUT2D eigenvalue weighted by molar-refractivity contribution is 4.60. The van der Waals surface area contributed by atoms with Gasteiger partial charge in [0.25, 0.3) is 0 Å². The molecular formula is C6H16N4. The van der Waals surface area contributed by atoms with Crippen molar-refractivity contribution in [1.29, 1.82) is 0 Å². The van der Waals surface area contributed by atoms with Crippen molar-refractivity contribution in [2.45, 2.75) is 25.9 Å². The van der Waals surface area contributed by atoms with Crippen molar-refractivity contribution < 1.29 is 0 Å². The smallest absolute Gasteiger partial charge is 0.0802 e. The van der Waals surface area contributed by atoms with Crippen LogP contribution in [0.3, 0.4) is 0 Å². The lowest BCUT2D eigenvalue weighted by Gasteiger charge is -2.01. The highest BCUT2D eigenvalue weighted by Crippen LogP contribution is 1.91. The fourth-order valence-electron chi connectivity index (χ4n) is 0.322. The highest BCUT2D eigenvalue weighted by Gasteiger charge is 1.96. The van der Waals surface area contributed by atoms with Gasteiger partial charge in [0.15, 0.2) is 0 Å². The van der Waals surface area contributed by atoms with Crippen molar-refractivity contribution in [3.63, 3.8) is 0 Å². The Bertz CT molecular complexity index is 89.9. The number of hydrogen-bond donors (Lipinski definition) is 2. The summed E-state index contributed by atoms with van der Waals surface area (Å²) in [5.41, 5.74) is 10.6. The molecule has 0 aromatic heterocycles. The Hall–Kier alpha value is -0.480. The van der Waals surface area contributed by atoms with Crippen LogP contribution in [-0.4, -0.2) is 25.2 Å². The second-order valence-corrected chi connectivity index (χ2v) is 2.40. The topological polar surface area (TPSA) is 76.8 Å². The van der Waals surface area contributed by atoms with Crippen molar-refractivity contribution in [2.24, 2.45) is 21.7 Å². The lowest BCUT2D eigenvalue weighted by molar-refractivity contribution is 0.627. The van der Waals surface area contributed by atoms with Gasteiger partial charge in [-0.3, -0.25) is 0 Å². The Morgan fingerprint density at radius 3 is 1.50 bits per heavy atom. The summed E-state index contributed by atoms with van der Waals surface area (Å²) in [4.78, 5) is 0. The largest absolute Gasteiger partial charge is 0.328 e. The predicted octanol–water partition coefficient (Wildman–Crippen LogP) is 0.133. The minimum absolute atomic E-state index is 0.119. The molecule has 0 aliphatic carbocycles. The standard InChI is InChI=1S/C6H16N4/c1-5(3-7)9-10-6(2)4-8/h5-6H,3-4,7-8H2,1-2H3. The van der Waals surface area contributed by atoms with E-state index in [1.165, 1.54) is 0 Å². The molecule has 0 bridgehead atoms. The molecule has 60 valence electrons. The van der Waals surface area contributed by atoms with Crippen LogP contribution in [0.15, 0.2) is 10.2 Å². The first-order valence-electron chi connectivity index (χ1n) is 3.50. The normalized spacial score (nSPS) is 17.6. The Kier molecular flexibility index (Phi) is 5.06.